The third kappa shape index (κ3) is 67.3. The number of aliphatic hydroxyl groups excluding tert-OH is 1. The molecule has 17 nitrogen and oxygen atoms in total. The van der Waals surface area contributed by atoms with Gasteiger partial charge in [-0.2, -0.15) is 0 Å². The van der Waals surface area contributed by atoms with E-state index in [2.05, 4.69) is 41.5 Å². The lowest BCUT2D eigenvalue weighted by atomic mass is 9.99. The summed E-state index contributed by atoms with van der Waals surface area (Å²) < 4.78 is 68.4. The van der Waals surface area contributed by atoms with Crippen LogP contribution >= 0.6 is 15.6 Å². The lowest BCUT2D eigenvalue weighted by molar-refractivity contribution is -0.161. The number of carbonyl (C=O) groups excluding carboxylic acids is 4. The first-order chi connectivity index (χ1) is 45.4. The zero-order valence-electron chi connectivity index (χ0n) is 61.3. The van der Waals surface area contributed by atoms with Crippen molar-refractivity contribution in [3.63, 3.8) is 0 Å². The van der Waals surface area contributed by atoms with Crippen LogP contribution in [0.5, 0.6) is 0 Å². The summed E-state index contributed by atoms with van der Waals surface area (Å²) in [6.45, 7) is 9.59. The first kappa shape index (κ1) is 92.1. The van der Waals surface area contributed by atoms with E-state index >= 15 is 0 Å². The average Bonchev–Trinajstić information content (AvgIpc) is 1.50. The molecule has 3 unspecified atom stereocenters. The van der Waals surface area contributed by atoms with Crippen LogP contribution in [0.25, 0.3) is 0 Å². The van der Waals surface area contributed by atoms with Gasteiger partial charge in [0.25, 0.3) is 0 Å². The highest BCUT2D eigenvalue weighted by atomic mass is 31.2. The van der Waals surface area contributed by atoms with Crippen LogP contribution in [-0.2, 0) is 65.4 Å². The Morgan fingerprint density at radius 1 is 0.309 bits per heavy atom. The van der Waals surface area contributed by atoms with Crippen molar-refractivity contribution in [3.8, 4) is 0 Å². The fourth-order valence-corrected chi connectivity index (χ4v) is 13.0. The Morgan fingerprint density at radius 2 is 0.543 bits per heavy atom. The largest absolute Gasteiger partial charge is 0.472 e. The quantitative estimate of drug-likeness (QED) is 0.0222. The van der Waals surface area contributed by atoms with E-state index in [1.165, 1.54) is 193 Å². The molecule has 0 heterocycles. The predicted molar refractivity (Wildman–Crippen MR) is 381 cm³/mol. The first-order valence-electron chi connectivity index (χ1n) is 39.0. The Hall–Kier alpha value is -1.94. The highest BCUT2D eigenvalue weighted by molar-refractivity contribution is 7.47. The van der Waals surface area contributed by atoms with Crippen LogP contribution in [0.1, 0.15) is 388 Å². The van der Waals surface area contributed by atoms with Gasteiger partial charge >= 0.3 is 39.5 Å². The topological polar surface area (TPSA) is 237 Å². The molecule has 3 N–H and O–H groups in total. The van der Waals surface area contributed by atoms with E-state index in [4.69, 9.17) is 37.0 Å². The molecule has 0 amide bonds. The maximum atomic E-state index is 13.1. The molecule has 0 radical (unpaired) electrons. The van der Waals surface area contributed by atoms with Gasteiger partial charge in [-0.05, 0) is 37.5 Å². The maximum Gasteiger partial charge on any atom is 0.472 e. The zero-order chi connectivity index (χ0) is 69.3. The zero-order valence-corrected chi connectivity index (χ0v) is 63.1. The predicted octanol–water partition coefficient (Wildman–Crippen LogP) is 21.9. The minimum atomic E-state index is -4.96. The van der Waals surface area contributed by atoms with E-state index in [9.17, 15) is 43.2 Å². The molecule has 0 saturated heterocycles. The Kier molecular flexibility index (Phi) is 65.5. The number of ether oxygens (including phenoxy) is 4. The summed E-state index contributed by atoms with van der Waals surface area (Å²) >= 11 is 0. The van der Waals surface area contributed by atoms with Gasteiger partial charge in [0, 0.05) is 25.7 Å². The second-order valence-electron chi connectivity index (χ2n) is 27.8. The molecule has 0 spiro atoms. The smallest absolute Gasteiger partial charge is 0.462 e. The molecule has 558 valence electrons. The minimum absolute atomic E-state index is 0.106. The van der Waals surface area contributed by atoms with Gasteiger partial charge in [-0.1, -0.05) is 337 Å². The van der Waals surface area contributed by atoms with Crippen molar-refractivity contribution in [1.82, 2.24) is 0 Å². The monoisotopic (exact) mass is 1380 g/mol. The third-order valence-corrected chi connectivity index (χ3v) is 19.7. The molecule has 0 saturated carbocycles. The fraction of sp³-hybridized carbons (Fsp3) is 0.947. The molecule has 0 aliphatic heterocycles. The lowest BCUT2D eigenvalue weighted by Crippen LogP contribution is -2.30. The number of phosphoric ester groups is 2. The Labute approximate surface area is 575 Å². The molecule has 0 aliphatic carbocycles. The lowest BCUT2D eigenvalue weighted by Gasteiger charge is -2.21. The number of hydrogen-bond acceptors (Lipinski definition) is 15. The Balaban J connectivity index is 5.20. The summed E-state index contributed by atoms with van der Waals surface area (Å²) in [5, 5.41) is 10.6. The van der Waals surface area contributed by atoms with Crippen molar-refractivity contribution in [2.75, 3.05) is 39.6 Å². The molecule has 0 aromatic rings. The Morgan fingerprint density at radius 3 is 0.809 bits per heavy atom. The normalized spacial score (nSPS) is 14.3. The molecule has 0 aromatic heterocycles. The standard InChI is InChI=1S/C75H146O17P2/c1-7-10-12-14-16-17-18-19-20-21-25-28-34-40-46-52-58-73(78)86-64-71(92-74(79)59-53-47-41-35-29-26-23-22-24-27-33-39-44-50-56-68(6)9-3)66-90-94(83,84)88-62-69(76)61-87-93(81,82)89-65-70(63-85-72(77)57-51-45-37-15-13-11-8-2)91-75(80)60-54-48-42-36-31-30-32-38-43-49-55-67(4)5/h67-71,76H,7-66H2,1-6H3,(H,81,82)(H,83,84)/t68?,69-,70+,71+/m0/s1. The van der Waals surface area contributed by atoms with E-state index in [0.29, 0.717) is 25.7 Å². The van der Waals surface area contributed by atoms with Crippen LogP contribution in [0.3, 0.4) is 0 Å². The molecule has 0 aromatic carbocycles. The fourth-order valence-electron chi connectivity index (χ4n) is 11.4. The molecule has 0 rings (SSSR count). The maximum absolute atomic E-state index is 13.1. The van der Waals surface area contributed by atoms with Gasteiger partial charge in [0.15, 0.2) is 12.2 Å². The van der Waals surface area contributed by atoms with Gasteiger partial charge in [-0.15, -0.1) is 0 Å². The van der Waals surface area contributed by atoms with E-state index in [-0.39, 0.29) is 25.7 Å². The SMILES string of the molecule is CCCCCCCCCCCCCCCCCCC(=O)OC[C@H](COP(=O)(O)OC[C@@H](O)COP(=O)(O)OC[C@@H](COC(=O)CCCCCCCCC)OC(=O)CCCCCCCCCCCCC(C)C)OC(=O)CCCCCCCCCCCCCCCCC(C)CC. The summed E-state index contributed by atoms with van der Waals surface area (Å²) in [5.41, 5.74) is 0. The summed E-state index contributed by atoms with van der Waals surface area (Å²) in [4.78, 5) is 72.6. The average molecular weight is 1380 g/mol. The minimum Gasteiger partial charge on any atom is -0.462 e. The molecular weight excluding hydrogens is 1230 g/mol. The number of aliphatic hydroxyl groups is 1. The van der Waals surface area contributed by atoms with Gasteiger partial charge in [-0.25, -0.2) is 9.13 Å². The van der Waals surface area contributed by atoms with E-state index < -0.39 is 97.5 Å². The number of phosphoric acid groups is 2. The summed E-state index contributed by atoms with van der Waals surface area (Å²) in [6.07, 6.45) is 54.1. The molecular formula is C75H146O17P2. The number of hydrogen-bond donors (Lipinski definition) is 3. The van der Waals surface area contributed by atoms with Crippen molar-refractivity contribution >= 4 is 39.5 Å². The molecule has 0 bridgehead atoms. The van der Waals surface area contributed by atoms with Crippen LogP contribution < -0.4 is 0 Å². The van der Waals surface area contributed by atoms with E-state index in [0.717, 1.165) is 115 Å². The number of unbranched alkanes of at least 4 members (excludes halogenated alkanes) is 43. The number of esters is 4. The summed E-state index contributed by atoms with van der Waals surface area (Å²) in [5.74, 6) is -0.522. The van der Waals surface area contributed by atoms with Crippen LogP contribution in [0.15, 0.2) is 0 Å². The third-order valence-electron chi connectivity index (χ3n) is 17.8. The van der Waals surface area contributed by atoms with Crippen molar-refractivity contribution in [2.45, 2.75) is 407 Å². The number of carbonyl (C=O) groups is 4. The van der Waals surface area contributed by atoms with E-state index in [1.54, 1.807) is 0 Å². The van der Waals surface area contributed by atoms with E-state index in [1.807, 2.05) is 0 Å². The van der Waals surface area contributed by atoms with Crippen LogP contribution in [0, 0.1) is 11.8 Å². The Bertz CT molecular complexity index is 1820. The van der Waals surface area contributed by atoms with Gasteiger partial charge in [0.2, 0.25) is 0 Å². The van der Waals surface area contributed by atoms with Crippen molar-refractivity contribution in [1.29, 1.82) is 0 Å². The van der Waals surface area contributed by atoms with Gasteiger partial charge in [0.05, 0.1) is 26.4 Å². The molecule has 6 atom stereocenters. The van der Waals surface area contributed by atoms with Gasteiger partial charge in [0.1, 0.15) is 19.3 Å². The highest BCUT2D eigenvalue weighted by Crippen LogP contribution is 2.45. The second-order valence-corrected chi connectivity index (χ2v) is 30.7. The van der Waals surface area contributed by atoms with Crippen LogP contribution in [-0.4, -0.2) is 96.7 Å². The van der Waals surface area contributed by atoms with Crippen molar-refractivity contribution in [2.24, 2.45) is 11.8 Å². The van der Waals surface area contributed by atoms with Crippen molar-refractivity contribution in [3.05, 3.63) is 0 Å². The second kappa shape index (κ2) is 66.9. The molecule has 0 fully saturated rings. The molecule has 0 aliphatic rings. The van der Waals surface area contributed by atoms with Gasteiger partial charge < -0.3 is 33.8 Å². The first-order valence-corrected chi connectivity index (χ1v) is 42.0. The van der Waals surface area contributed by atoms with Crippen LogP contribution in [0.4, 0.5) is 0 Å². The summed E-state index contributed by atoms with van der Waals surface area (Å²) in [6, 6.07) is 0. The molecule has 19 heteroatoms. The van der Waals surface area contributed by atoms with Crippen LogP contribution in [0.2, 0.25) is 0 Å². The highest BCUT2D eigenvalue weighted by Gasteiger charge is 2.30. The van der Waals surface area contributed by atoms with Gasteiger partial charge in [-0.3, -0.25) is 37.3 Å². The van der Waals surface area contributed by atoms with Crippen molar-refractivity contribution < 1.29 is 80.2 Å². The molecule has 94 heavy (non-hydrogen) atoms. The summed E-state index contributed by atoms with van der Waals surface area (Å²) in [7, 11) is -9.90. The number of rotatable bonds is 74.